The number of rotatable bonds is 5. The van der Waals surface area contributed by atoms with E-state index in [0.29, 0.717) is 18.3 Å². The van der Waals surface area contributed by atoms with Gasteiger partial charge in [0.15, 0.2) is 5.75 Å². The Morgan fingerprint density at radius 1 is 1.12 bits per heavy atom. The Balaban J connectivity index is 1.70. The van der Waals surface area contributed by atoms with Gasteiger partial charge in [-0.3, -0.25) is 0 Å². The van der Waals surface area contributed by atoms with Gasteiger partial charge in [-0.15, -0.1) is 4.52 Å². The molecule has 2 rings (SSSR count). The summed E-state index contributed by atoms with van der Waals surface area (Å²) in [5.74, 6) is 1.15. The predicted octanol–water partition coefficient (Wildman–Crippen LogP) is 4.32. The normalized spacial score (nSPS) is 17.8. The molecule has 0 bridgehead atoms. The van der Waals surface area contributed by atoms with Crippen LogP contribution < -0.4 is 4.52 Å². The van der Waals surface area contributed by atoms with E-state index in [0.717, 1.165) is 0 Å². The molecule has 4 heteroatoms. The van der Waals surface area contributed by atoms with Crippen molar-refractivity contribution >= 4 is 8.25 Å². The lowest BCUT2D eigenvalue weighted by Crippen LogP contribution is -2.11. The molecule has 0 aliphatic heterocycles. The summed E-state index contributed by atoms with van der Waals surface area (Å²) in [5.41, 5.74) is 0. The Bertz CT molecular complexity index is 347. The van der Waals surface area contributed by atoms with Crippen molar-refractivity contribution in [2.24, 2.45) is 5.92 Å². The van der Waals surface area contributed by atoms with Crippen molar-refractivity contribution in [3.8, 4) is 5.75 Å². The first-order valence-electron chi connectivity index (χ1n) is 6.18. The highest BCUT2D eigenvalue weighted by molar-refractivity contribution is 7.33. The lowest BCUT2D eigenvalue weighted by atomic mass is 9.90. The summed E-state index contributed by atoms with van der Waals surface area (Å²) in [4.78, 5) is 0. The third kappa shape index (κ3) is 4.45. The highest BCUT2D eigenvalue weighted by atomic mass is 31.1. The molecule has 0 aromatic heterocycles. The van der Waals surface area contributed by atoms with E-state index in [1.165, 1.54) is 32.1 Å². The van der Waals surface area contributed by atoms with Crippen LogP contribution in [-0.4, -0.2) is 6.61 Å². The lowest BCUT2D eigenvalue weighted by molar-refractivity contribution is 0.200. The van der Waals surface area contributed by atoms with Crippen LogP contribution in [0.5, 0.6) is 5.75 Å². The highest BCUT2D eigenvalue weighted by Crippen LogP contribution is 2.31. The zero-order chi connectivity index (χ0) is 11.9. The molecule has 17 heavy (non-hydrogen) atoms. The van der Waals surface area contributed by atoms with Gasteiger partial charge in [-0.1, -0.05) is 37.5 Å². The van der Waals surface area contributed by atoms with E-state index in [9.17, 15) is 4.57 Å². The van der Waals surface area contributed by atoms with Crippen molar-refractivity contribution in [2.45, 2.75) is 32.1 Å². The van der Waals surface area contributed by atoms with E-state index < -0.39 is 8.25 Å². The van der Waals surface area contributed by atoms with Crippen LogP contribution in [0.25, 0.3) is 0 Å². The Morgan fingerprint density at radius 3 is 2.53 bits per heavy atom. The molecule has 1 saturated carbocycles. The zero-order valence-corrected chi connectivity index (χ0v) is 10.8. The maximum atomic E-state index is 11.6. The third-order valence-electron chi connectivity index (χ3n) is 3.06. The molecule has 1 unspecified atom stereocenters. The molecule has 0 spiro atoms. The first kappa shape index (κ1) is 12.5. The standard InChI is InChI=1S/C13H18O3P/c14-17(16-13-9-5-2-6-10-13)15-11-12-7-3-1-4-8-12/h2,5-6,9-10,12H,1,3-4,7-8,11H2/q+1. The van der Waals surface area contributed by atoms with Gasteiger partial charge in [-0.2, -0.15) is 0 Å². The molecule has 1 aliphatic rings. The van der Waals surface area contributed by atoms with Gasteiger partial charge in [0.25, 0.3) is 0 Å². The molecule has 1 aromatic carbocycles. The second kappa shape index (κ2) is 6.73. The fraction of sp³-hybridized carbons (Fsp3) is 0.538. The molecule has 0 N–H and O–H groups in total. The van der Waals surface area contributed by atoms with Crippen LogP contribution in [0.4, 0.5) is 0 Å². The average molecular weight is 253 g/mol. The molecule has 92 valence electrons. The van der Waals surface area contributed by atoms with Gasteiger partial charge in [0.1, 0.15) is 6.61 Å². The number of benzene rings is 1. The van der Waals surface area contributed by atoms with Crippen molar-refractivity contribution in [3.05, 3.63) is 30.3 Å². The Kier molecular flexibility index (Phi) is 4.96. The van der Waals surface area contributed by atoms with E-state index in [1.54, 1.807) is 12.1 Å². The van der Waals surface area contributed by atoms with Gasteiger partial charge in [-0.25, -0.2) is 4.52 Å². The molecular weight excluding hydrogens is 235 g/mol. The Labute approximate surface area is 103 Å². The minimum Gasteiger partial charge on any atom is -0.229 e. The smallest absolute Gasteiger partial charge is 0.229 e. The highest BCUT2D eigenvalue weighted by Gasteiger charge is 2.25. The van der Waals surface area contributed by atoms with Gasteiger partial charge in [0.05, 0.1) is 0 Å². The minimum atomic E-state index is -2.03. The molecule has 1 aliphatic carbocycles. The van der Waals surface area contributed by atoms with E-state index in [4.69, 9.17) is 9.05 Å². The van der Waals surface area contributed by atoms with Crippen LogP contribution >= 0.6 is 8.25 Å². The monoisotopic (exact) mass is 253 g/mol. The van der Waals surface area contributed by atoms with Crippen LogP contribution in [0.2, 0.25) is 0 Å². The van der Waals surface area contributed by atoms with Gasteiger partial charge < -0.3 is 0 Å². The largest absolute Gasteiger partial charge is 0.750 e. The van der Waals surface area contributed by atoms with E-state index in [1.807, 2.05) is 18.2 Å². The van der Waals surface area contributed by atoms with Crippen LogP contribution in [0.3, 0.4) is 0 Å². The number of para-hydroxylation sites is 1. The van der Waals surface area contributed by atoms with Crippen molar-refractivity contribution in [2.75, 3.05) is 6.61 Å². The zero-order valence-electron chi connectivity index (χ0n) is 9.88. The van der Waals surface area contributed by atoms with Gasteiger partial charge in [0, 0.05) is 4.57 Å². The molecule has 0 heterocycles. The quantitative estimate of drug-likeness (QED) is 0.733. The van der Waals surface area contributed by atoms with Crippen LogP contribution in [0.1, 0.15) is 32.1 Å². The first-order chi connectivity index (χ1) is 8.34. The van der Waals surface area contributed by atoms with Gasteiger partial charge in [-0.05, 0) is 30.9 Å². The van der Waals surface area contributed by atoms with Crippen LogP contribution in [0.15, 0.2) is 30.3 Å². The molecule has 1 aromatic rings. The molecule has 0 amide bonds. The van der Waals surface area contributed by atoms with Gasteiger partial charge in [0.2, 0.25) is 0 Å². The van der Waals surface area contributed by atoms with Crippen molar-refractivity contribution in [3.63, 3.8) is 0 Å². The van der Waals surface area contributed by atoms with Crippen molar-refractivity contribution < 1.29 is 13.6 Å². The molecule has 1 atom stereocenters. The maximum Gasteiger partial charge on any atom is 0.750 e. The fourth-order valence-electron chi connectivity index (χ4n) is 2.11. The summed E-state index contributed by atoms with van der Waals surface area (Å²) < 4.78 is 22.0. The predicted molar refractivity (Wildman–Crippen MR) is 67.2 cm³/mol. The Morgan fingerprint density at radius 2 is 1.82 bits per heavy atom. The van der Waals surface area contributed by atoms with Gasteiger partial charge >= 0.3 is 8.25 Å². The SMILES string of the molecule is O=[P+](OCC1CCCCC1)Oc1ccccc1. The molecular formula is C13H18O3P+. The van der Waals surface area contributed by atoms with Crippen LogP contribution in [-0.2, 0) is 9.09 Å². The van der Waals surface area contributed by atoms with Crippen LogP contribution in [0, 0.1) is 5.92 Å². The van der Waals surface area contributed by atoms with Crippen molar-refractivity contribution in [1.82, 2.24) is 0 Å². The minimum absolute atomic E-state index is 0.557. The molecule has 3 nitrogen and oxygen atoms in total. The topological polar surface area (TPSA) is 35.5 Å². The summed E-state index contributed by atoms with van der Waals surface area (Å²) in [7, 11) is -2.03. The summed E-state index contributed by atoms with van der Waals surface area (Å²) in [6.45, 7) is 0.558. The van der Waals surface area contributed by atoms with E-state index in [2.05, 4.69) is 0 Å². The maximum absolute atomic E-state index is 11.6. The molecule has 0 saturated heterocycles. The summed E-state index contributed by atoms with van der Waals surface area (Å²) in [6, 6.07) is 9.14. The van der Waals surface area contributed by atoms with Crippen molar-refractivity contribution in [1.29, 1.82) is 0 Å². The second-order valence-corrected chi connectivity index (χ2v) is 5.32. The van der Waals surface area contributed by atoms with E-state index >= 15 is 0 Å². The Hall–Kier alpha value is -0.920. The summed E-state index contributed by atoms with van der Waals surface area (Å²) in [5, 5.41) is 0. The summed E-state index contributed by atoms with van der Waals surface area (Å²) in [6.07, 6.45) is 6.24. The molecule has 1 fully saturated rings. The number of hydrogen-bond donors (Lipinski definition) is 0. The first-order valence-corrected chi connectivity index (χ1v) is 7.27. The lowest BCUT2D eigenvalue weighted by Gasteiger charge is -2.18. The van der Waals surface area contributed by atoms with E-state index in [-0.39, 0.29) is 0 Å². The second-order valence-electron chi connectivity index (χ2n) is 4.43. The fourth-order valence-corrected chi connectivity index (χ4v) is 2.79. The molecule has 0 radical (unpaired) electrons. The number of hydrogen-bond acceptors (Lipinski definition) is 3. The third-order valence-corrected chi connectivity index (χ3v) is 3.78. The average Bonchev–Trinajstić information content (AvgIpc) is 2.39. The summed E-state index contributed by atoms with van der Waals surface area (Å²) >= 11 is 0.